The van der Waals surface area contributed by atoms with E-state index in [0.717, 1.165) is 32.0 Å². The first-order valence-electron chi connectivity index (χ1n) is 6.89. The van der Waals surface area contributed by atoms with Crippen LogP contribution in [0.3, 0.4) is 0 Å². The zero-order valence-electron chi connectivity index (χ0n) is 11.0. The van der Waals surface area contributed by atoms with Crippen LogP contribution >= 0.6 is 0 Å². The summed E-state index contributed by atoms with van der Waals surface area (Å²) in [5.41, 5.74) is 0. The molecule has 1 N–H and O–H groups in total. The molecule has 0 radical (unpaired) electrons. The van der Waals surface area contributed by atoms with E-state index in [9.17, 15) is 0 Å². The average molecular weight is 250 g/mol. The molecule has 0 unspecified atom stereocenters. The number of likely N-dealkylation sites (N-methyl/N-ethyl adjacent to an activating group) is 1. The van der Waals surface area contributed by atoms with Gasteiger partial charge in [0.15, 0.2) is 0 Å². The Bertz CT molecular complexity index is 364. The molecule has 0 saturated carbocycles. The van der Waals surface area contributed by atoms with Crippen molar-refractivity contribution in [3.8, 4) is 0 Å². The molecule has 0 bridgehead atoms. The number of nitrogens with zero attached hydrogens (tertiary/aromatic N) is 1. The van der Waals surface area contributed by atoms with Crippen LogP contribution in [0.5, 0.6) is 0 Å². The van der Waals surface area contributed by atoms with E-state index in [2.05, 4.69) is 17.3 Å². The van der Waals surface area contributed by atoms with Gasteiger partial charge < -0.3 is 14.5 Å². The van der Waals surface area contributed by atoms with Crippen LogP contribution < -0.4 is 5.32 Å². The van der Waals surface area contributed by atoms with E-state index in [1.807, 2.05) is 12.1 Å². The van der Waals surface area contributed by atoms with Crippen LogP contribution in [0.2, 0.25) is 0 Å². The molecule has 0 spiro atoms. The highest BCUT2D eigenvalue weighted by molar-refractivity contribution is 5.00. The third-order valence-corrected chi connectivity index (χ3v) is 4.18. The van der Waals surface area contributed by atoms with Crippen molar-refractivity contribution in [2.24, 2.45) is 5.92 Å². The number of rotatable bonds is 3. The van der Waals surface area contributed by atoms with Crippen LogP contribution in [0.15, 0.2) is 22.8 Å². The van der Waals surface area contributed by atoms with Gasteiger partial charge in [0.2, 0.25) is 0 Å². The number of piperidine rings is 1. The molecule has 1 aromatic rings. The third kappa shape index (κ3) is 2.46. The minimum absolute atomic E-state index is 0.389. The van der Waals surface area contributed by atoms with Gasteiger partial charge in [0.1, 0.15) is 5.76 Å². The zero-order valence-corrected chi connectivity index (χ0v) is 11.0. The second-order valence-corrected chi connectivity index (χ2v) is 5.46. The molecule has 18 heavy (non-hydrogen) atoms. The first kappa shape index (κ1) is 12.2. The molecule has 0 aliphatic carbocycles. The minimum atomic E-state index is 0.389. The molecule has 1 aromatic heterocycles. The highest BCUT2D eigenvalue weighted by atomic mass is 16.5. The van der Waals surface area contributed by atoms with Crippen molar-refractivity contribution in [1.29, 1.82) is 0 Å². The number of nitrogens with one attached hydrogen (secondary N) is 1. The van der Waals surface area contributed by atoms with E-state index in [4.69, 9.17) is 9.15 Å². The molecule has 2 aliphatic heterocycles. The normalized spacial score (nSPS) is 32.4. The Kier molecular flexibility index (Phi) is 3.68. The molecule has 2 saturated heterocycles. The van der Waals surface area contributed by atoms with Crippen molar-refractivity contribution in [1.82, 2.24) is 10.2 Å². The fourth-order valence-electron chi connectivity index (χ4n) is 3.21. The largest absolute Gasteiger partial charge is 0.468 e. The Balaban J connectivity index is 1.66. The number of ether oxygens (including phenoxy) is 1. The SMILES string of the molecule is CN(Cc1ccco1)[C@@H]1CNC[C@@H]2CCCO[C@@H]21. The summed E-state index contributed by atoms with van der Waals surface area (Å²) >= 11 is 0. The summed E-state index contributed by atoms with van der Waals surface area (Å²) < 4.78 is 11.5. The van der Waals surface area contributed by atoms with Gasteiger partial charge in [-0.2, -0.15) is 0 Å². The number of hydrogen-bond donors (Lipinski definition) is 1. The van der Waals surface area contributed by atoms with Gasteiger partial charge in [0.05, 0.1) is 18.9 Å². The molecule has 3 heterocycles. The lowest BCUT2D eigenvalue weighted by atomic mass is 9.86. The predicted molar refractivity (Wildman–Crippen MR) is 69.3 cm³/mol. The number of fused-ring (bicyclic) bond motifs is 1. The monoisotopic (exact) mass is 250 g/mol. The Hall–Kier alpha value is -0.840. The van der Waals surface area contributed by atoms with Crippen LogP contribution in [0.4, 0.5) is 0 Å². The van der Waals surface area contributed by atoms with Crippen molar-refractivity contribution in [2.45, 2.75) is 31.5 Å². The molecular formula is C14H22N2O2. The first-order valence-corrected chi connectivity index (χ1v) is 6.89. The van der Waals surface area contributed by atoms with E-state index in [-0.39, 0.29) is 0 Å². The highest BCUT2D eigenvalue weighted by Gasteiger charge is 2.37. The van der Waals surface area contributed by atoms with Crippen LogP contribution in [0.1, 0.15) is 18.6 Å². The van der Waals surface area contributed by atoms with Crippen molar-refractivity contribution >= 4 is 0 Å². The standard InChI is InChI=1S/C14H22N2O2/c1-16(10-12-5-3-6-17-12)13-9-15-8-11-4-2-7-18-14(11)13/h3,5-6,11,13-15H,2,4,7-10H2,1H3/t11-,13+,14-/m0/s1. The minimum Gasteiger partial charge on any atom is -0.468 e. The maximum absolute atomic E-state index is 6.02. The maximum atomic E-state index is 6.02. The first-order chi connectivity index (χ1) is 8.84. The van der Waals surface area contributed by atoms with Crippen molar-refractivity contribution in [3.63, 3.8) is 0 Å². The molecule has 0 aromatic carbocycles. The molecule has 3 rings (SSSR count). The summed E-state index contributed by atoms with van der Waals surface area (Å²) in [7, 11) is 2.16. The number of furan rings is 1. The van der Waals surface area contributed by atoms with Gasteiger partial charge in [-0.25, -0.2) is 0 Å². The molecule has 4 heteroatoms. The Morgan fingerprint density at radius 1 is 1.44 bits per heavy atom. The van der Waals surface area contributed by atoms with Gasteiger partial charge in [0, 0.05) is 25.7 Å². The summed E-state index contributed by atoms with van der Waals surface area (Å²) in [6, 6.07) is 4.43. The summed E-state index contributed by atoms with van der Waals surface area (Å²) in [5, 5.41) is 3.54. The van der Waals surface area contributed by atoms with E-state index in [0.29, 0.717) is 18.1 Å². The lowest BCUT2D eigenvalue weighted by molar-refractivity contribution is -0.0862. The molecule has 0 amide bonds. The van der Waals surface area contributed by atoms with Crippen LogP contribution in [0.25, 0.3) is 0 Å². The van der Waals surface area contributed by atoms with Crippen molar-refractivity contribution in [2.75, 3.05) is 26.7 Å². The van der Waals surface area contributed by atoms with Gasteiger partial charge in [-0.1, -0.05) is 0 Å². The van der Waals surface area contributed by atoms with Crippen LogP contribution in [-0.2, 0) is 11.3 Å². The van der Waals surface area contributed by atoms with E-state index in [1.54, 1.807) is 6.26 Å². The van der Waals surface area contributed by atoms with E-state index >= 15 is 0 Å². The van der Waals surface area contributed by atoms with Crippen molar-refractivity contribution < 1.29 is 9.15 Å². The summed E-state index contributed by atoms with van der Waals surface area (Å²) in [4.78, 5) is 2.36. The molecule has 2 fully saturated rings. The van der Waals surface area contributed by atoms with Crippen molar-refractivity contribution in [3.05, 3.63) is 24.2 Å². The average Bonchev–Trinajstić information content (AvgIpc) is 2.91. The summed E-state index contributed by atoms with van der Waals surface area (Å²) in [6.45, 7) is 3.90. The quantitative estimate of drug-likeness (QED) is 0.881. The Morgan fingerprint density at radius 2 is 2.39 bits per heavy atom. The van der Waals surface area contributed by atoms with Gasteiger partial charge in [-0.05, 0) is 37.9 Å². The van der Waals surface area contributed by atoms with E-state index < -0.39 is 0 Å². The predicted octanol–water partition coefficient (Wildman–Crippen LogP) is 1.48. The molecule has 3 atom stereocenters. The van der Waals surface area contributed by atoms with Gasteiger partial charge in [-0.3, -0.25) is 4.90 Å². The molecule has 4 nitrogen and oxygen atoms in total. The lowest BCUT2D eigenvalue weighted by Crippen LogP contribution is -2.58. The van der Waals surface area contributed by atoms with Gasteiger partial charge in [-0.15, -0.1) is 0 Å². The number of hydrogen-bond acceptors (Lipinski definition) is 4. The second-order valence-electron chi connectivity index (χ2n) is 5.46. The van der Waals surface area contributed by atoms with Gasteiger partial charge >= 0.3 is 0 Å². The fourth-order valence-corrected chi connectivity index (χ4v) is 3.21. The molecule has 2 aliphatic rings. The fraction of sp³-hybridized carbons (Fsp3) is 0.714. The lowest BCUT2D eigenvalue weighted by Gasteiger charge is -2.44. The third-order valence-electron chi connectivity index (χ3n) is 4.18. The summed E-state index contributed by atoms with van der Waals surface area (Å²) in [6.07, 6.45) is 4.63. The molecular weight excluding hydrogens is 228 g/mol. The second kappa shape index (κ2) is 5.43. The zero-order chi connectivity index (χ0) is 12.4. The maximum Gasteiger partial charge on any atom is 0.117 e. The molecule has 100 valence electrons. The Morgan fingerprint density at radius 3 is 3.22 bits per heavy atom. The van der Waals surface area contributed by atoms with Crippen LogP contribution in [0, 0.1) is 5.92 Å². The van der Waals surface area contributed by atoms with E-state index in [1.165, 1.54) is 12.8 Å². The smallest absolute Gasteiger partial charge is 0.117 e. The summed E-state index contributed by atoms with van der Waals surface area (Å²) in [5.74, 6) is 1.70. The highest BCUT2D eigenvalue weighted by Crippen LogP contribution is 2.28. The van der Waals surface area contributed by atoms with Crippen LogP contribution in [-0.4, -0.2) is 43.8 Å². The Labute approximate surface area is 108 Å². The van der Waals surface area contributed by atoms with Gasteiger partial charge in [0.25, 0.3) is 0 Å². The topological polar surface area (TPSA) is 37.6 Å².